The van der Waals surface area contributed by atoms with Crippen LogP contribution in [0.15, 0.2) is 69.8 Å². The maximum Gasteiger partial charge on any atom is 0.282 e. The summed E-state index contributed by atoms with van der Waals surface area (Å²) in [6.07, 6.45) is 0.473. The summed E-state index contributed by atoms with van der Waals surface area (Å²) in [7, 11) is -4.19. The zero-order chi connectivity index (χ0) is 28.6. The lowest BCUT2D eigenvalue weighted by Crippen LogP contribution is -2.47. The zero-order valence-electron chi connectivity index (χ0n) is 22.3. The Kier molecular flexibility index (Phi) is 8.24. The quantitative estimate of drug-likeness (QED) is 0.282. The van der Waals surface area contributed by atoms with Gasteiger partial charge < -0.3 is 10.0 Å². The second kappa shape index (κ2) is 11.5. The van der Waals surface area contributed by atoms with Gasteiger partial charge in [0.15, 0.2) is 10.8 Å². The average molecular weight is 646 g/mol. The third kappa shape index (κ3) is 5.63. The van der Waals surface area contributed by atoms with Crippen molar-refractivity contribution in [3.05, 3.63) is 92.2 Å². The molecule has 1 N–H and O–H groups in total. The van der Waals surface area contributed by atoms with E-state index in [1.807, 2.05) is 24.3 Å². The molecule has 1 fully saturated rings. The van der Waals surface area contributed by atoms with E-state index in [4.69, 9.17) is 11.6 Å². The highest BCUT2D eigenvalue weighted by Crippen LogP contribution is 2.36. The number of fused-ring (bicyclic) bond motifs is 1. The summed E-state index contributed by atoms with van der Waals surface area (Å²) in [6.45, 7) is 7.34. The summed E-state index contributed by atoms with van der Waals surface area (Å²) in [5.41, 5.74) is 2.22. The van der Waals surface area contributed by atoms with Crippen molar-refractivity contribution in [3.8, 4) is 0 Å². The van der Waals surface area contributed by atoms with Crippen LogP contribution in [0, 0.1) is 13.8 Å². The molecule has 0 aliphatic carbocycles. The molecule has 0 saturated carbocycles. The second-order valence-electron chi connectivity index (χ2n) is 10.0. The summed E-state index contributed by atoms with van der Waals surface area (Å²) in [5, 5.41) is 11.7. The van der Waals surface area contributed by atoms with E-state index in [-0.39, 0.29) is 28.6 Å². The van der Waals surface area contributed by atoms with Crippen LogP contribution < -0.4 is 4.90 Å². The van der Waals surface area contributed by atoms with Crippen LogP contribution in [-0.2, 0) is 10.0 Å². The van der Waals surface area contributed by atoms with Crippen molar-refractivity contribution < 1.29 is 18.3 Å². The van der Waals surface area contributed by atoms with E-state index in [1.165, 1.54) is 0 Å². The van der Waals surface area contributed by atoms with Gasteiger partial charge >= 0.3 is 0 Å². The van der Waals surface area contributed by atoms with Gasteiger partial charge in [0.25, 0.3) is 10.0 Å². The Labute approximate surface area is 248 Å². The number of sulfonamides is 1. The number of halogens is 2. The first-order chi connectivity index (χ1) is 19.1. The molecule has 0 radical (unpaired) electrons. The fourth-order valence-corrected chi connectivity index (χ4v) is 7.47. The van der Waals surface area contributed by atoms with Crippen molar-refractivity contribution in [2.45, 2.75) is 25.3 Å². The van der Waals surface area contributed by atoms with Crippen LogP contribution in [0.3, 0.4) is 0 Å². The van der Waals surface area contributed by atoms with Crippen LogP contribution in [-0.4, -0.2) is 72.8 Å². The molecule has 2 aliphatic heterocycles. The number of benzene rings is 2. The number of carbonyl (C=O) groups is 1. The molecule has 210 valence electrons. The van der Waals surface area contributed by atoms with E-state index in [1.54, 1.807) is 44.2 Å². The van der Waals surface area contributed by atoms with Gasteiger partial charge in [0.05, 0.1) is 5.56 Å². The molecule has 1 saturated heterocycles. The summed E-state index contributed by atoms with van der Waals surface area (Å²) in [5.74, 6) is -0.924. The zero-order valence-corrected chi connectivity index (χ0v) is 25.4. The molecule has 0 unspecified atom stereocenters. The third-order valence-corrected chi connectivity index (χ3v) is 9.75. The lowest BCUT2D eigenvalue weighted by molar-refractivity contribution is 0.0995. The normalized spacial score (nSPS) is 18.6. The number of aryl methyl sites for hydroxylation is 2. The van der Waals surface area contributed by atoms with E-state index in [9.17, 15) is 18.3 Å². The number of pyridine rings is 1. The van der Waals surface area contributed by atoms with Gasteiger partial charge in [0.1, 0.15) is 5.70 Å². The van der Waals surface area contributed by atoms with Crippen molar-refractivity contribution in [2.24, 2.45) is 0 Å². The fraction of sp³-hybridized carbons (Fsp3) is 0.310. The van der Waals surface area contributed by atoms with Crippen molar-refractivity contribution >= 4 is 54.8 Å². The number of allylic oxidation sites excluding steroid dienone is 1. The number of ketones is 1. The average Bonchev–Trinajstić information content (AvgIpc) is 2.92. The molecule has 0 amide bonds. The molecule has 0 spiro atoms. The number of aromatic nitrogens is 1. The lowest BCUT2D eigenvalue weighted by atomic mass is 10.0. The maximum atomic E-state index is 13.9. The van der Waals surface area contributed by atoms with Crippen LogP contribution in [0.2, 0.25) is 5.02 Å². The number of Topliss-reactive ketones (excluding diaryl/α,β-unsaturated/α-hetero) is 1. The van der Waals surface area contributed by atoms with Gasteiger partial charge in [-0.2, -0.15) is 8.42 Å². The third-order valence-electron chi connectivity index (χ3n) is 7.26. The Morgan fingerprint density at radius 3 is 2.40 bits per heavy atom. The number of aliphatic hydroxyl groups excluding tert-OH is 1. The molecule has 3 heterocycles. The van der Waals surface area contributed by atoms with Gasteiger partial charge in [0.2, 0.25) is 5.78 Å². The first-order valence-corrected chi connectivity index (χ1v) is 15.6. The summed E-state index contributed by atoms with van der Waals surface area (Å²) in [4.78, 5) is 22.6. The van der Waals surface area contributed by atoms with E-state index >= 15 is 0 Å². The summed E-state index contributed by atoms with van der Waals surface area (Å²) in [6, 6.07) is 16.2. The van der Waals surface area contributed by atoms with Crippen LogP contribution in [0.5, 0.6) is 0 Å². The number of nitrogens with zero attached hydrogens (tertiary/aromatic N) is 4. The fourth-order valence-electron chi connectivity index (χ4n) is 5.26. The van der Waals surface area contributed by atoms with Gasteiger partial charge in [0, 0.05) is 65.7 Å². The number of aliphatic hydroxyl groups is 1. The van der Waals surface area contributed by atoms with E-state index < -0.39 is 15.8 Å². The van der Waals surface area contributed by atoms with E-state index in [0.717, 1.165) is 40.6 Å². The first kappa shape index (κ1) is 28.6. The lowest BCUT2D eigenvalue weighted by Gasteiger charge is -2.37. The van der Waals surface area contributed by atoms with Crippen LogP contribution in [0.4, 0.5) is 5.69 Å². The highest BCUT2D eigenvalue weighted by atomic mass is 79.9. The van der Waals surface area contributed by atoms with E-state index in [2.05, 4.69) is 30.7 Å². The van der Waals surface area contributed by atoms with E-state index in [0.29, 0.717) is 34.8 Å². The highest BCUT2D eigenvalue weighted by Gasteiger charge is 2.43. The number of hydrogen-bond acceptors (Lipinski definition) is 7. The van der Waals surface area contributed by atoms with Gasteiger partial charge in [-0.1, -0.05) is 45.7 Å². The number of hydrogen-bond donors (Lipinski definition) is 1. The first-order valence-electron chi connectivity index (χ1n) is 13.0. The smallest absolute Gasteiger partial charge is 0.282 e. The molecule has 40 heavy (non-hydrogen) atoms. The van der Waals surface area contributed by atoms with Gasteiger partial charge in [-0.3, -0.25) is 14.0 Å². The molecule has 0 atom stereocenters. The molecule has 8 nitrogen and oxygen atoms in total. The van der Waals surface area contributed by atoms with Gasteiger partial charge in [-0.15, -0.1) is 0 Å². The van der Waals surface area contributed by atoms with Crippen LogP contribution >= 0.6 is 27.5 Å². The Morgan fingerprint density at radius 1 is 1.02 bits per heavy atom. The minimum atomic E-state index is -4.19. The predicted molar refractivity (Wildman–Crippen MR) is 160 cm³/mol. The molecular formula is C29H30BrClN4O4S. The molecule has 11 heteroatoms. The molecule has 3 aromatic rings. The molecule has 5 rings (SSSR count). The molecule has 2 aliphatic rings. The van der Waals surface area contributed by atoms with Crippen molar-refractivity contribution in [1.29, 1.82) is 0 Å². The van der Waals surface area contributed by atoms with Crippen molar-refractivity contribution in [3.63, 3.8) is 0 Å². The molecular weight excluding hydrogens is 616 g/mol. The molecule has 0 bridgehead atoms. The minimum absolute atomic E-state index is 0.0117. The Bertz CT molecular complexity index is 1590. The van der Waals surface area contributed by atoms with Crippen LogP contribution in [0.25, 0.3) is 5.76 Å². The molecule has 2 aromatic carbocycles. The minimum Gasteiger partial charge on any atom is -0.505 e. The summed E-state index contributed by atoms with van der Waals surface area (Å²) < 4.78 is 29.6. The standard InChI is InChI=1S/C29H30BrClN4O4S/c1-19-17-20(2)32-29-25(19)28(37)26(27(36)21-7-9-22(30)10-8-21)35(40(29,38)39)12-4-11-33-13-15-34(16-14-33)24-6-3-5-23(31)18-24/h3,5-10,17-18,36H,4,11-16H2,1-2H3/b27-26-. The number of piperazine rings is 1. The Morgan fingerprint density at radius 2 is 1.73 bits per heavy atom. The van der Waals surface area contributed by atoms with Gasteiger partial charge in [-0.25, -0.2) is 4.98 Å². The number of anilines is 1. The number of rotatable bonds is 6. The van der Waals surface area contributed by atoms with Crippen molar-refractivity contribution in [2.75, 3.05) is 44.2 Å². The Hall–Kier alpha value is -2.92. The van der Waals surface area contributed by atoms with Gasteiger partial charge in [-0.05, 0) is 62.2 Å². The maximum absolute atomic E-state index is 13.9. The summed E-state index contributed by atoms with van der Waals surface area (Å²) >= 11 is 9.52. The monoisotopic (exact) mass is 644 g/mol. The van der Waals surface area contributed by atoms with Crippen LogP contribution in [0.1, 0.15) is 33.6 Å². The topological polar surface area (TPSA) is 94.1 Å². The second-order valence-corrected chi connectivity index (χ2v) is 13.2. The SMILES string of the molecule is Cc1cc(C)c2c(n1)S(=O)(=O)N(CCCN1CCN(c3cccc(Cl)c3)CC1)/C(=C(\O)c1ccc(Br)cc1)C2=O. The predicted octanol–water partition coefficient (Wildman–Crippen LogP) is 5.44. The largest absolute Gasteiger partial charge is 0.505 e. The Balaban J connectivity index is 1.39. The number of carbonyl (C=O) groups excluding carboxylic acids is 1. The highest BCUT2D eigenvalue weighted by molar-refractivity contribution is 9.10. The van der Waals surface area contributed by atoms with Crippen molar-refractivity contribution in [1.82, 2.24) is 14.2 Å². The molecule has 1 aromatic heterocycles.